The average Bonchev–Trinajstić information content (AvgIpc) is 2.89. The van der Waals surface area contributed by atoms with Crippen LogP contribution in [0.5, 0.6) is 0 Å². The normalized spacial score (nSPS) is 23.4. The topological polar surface area (TPSA) is 60.9 Å². The Hall–Kier alpha value is -2.69. The van der Waals surface area contributed by atoms with E-state index in [4.69, 9.17) is 11.6 Å². The summed E-state index contributed by atoms with van der Waals surface area (Å²) in [5.74, 6) is -0.202. The summed E-state index contributed by atoms with van der Waals surface area (Å²) in [6.45, 7) is 2.29. The van der Waals surface area contributed by atoms with Crippen molar-refractivity contribution in [3.8, 4) is 11.1 Å². The smallest absolute Gasteiger partial charge is 0.395 e. The maximum atomic E-state index is 13.7. The van der Waals surface area contributed by atoms with Gasteiger partial charge in [-0.25, -0.2) is 8.42 Å². The van der Waals surface area contributed by atoms with Gasteiger partial charge in [0.2, 0.25) is 10.0 Å². The second kappa shape index (κ2) is 10.7. The van der Waals surface area contributed by atoms with Crippen molar-refractivity contribution >= 4 is 21.6 Å². The Morgan fingerprint density at radius 3 is 2.36 bits per heavy atom. The van der Waals surface area contributed by atoms with Crippen molar-refractivity contribution in [1.29, 1.82) is 0 Å². The van der Waals surface area contributed by atoms with Gasteiger partial charge >= 0.3 is 6.18 Å². The van der Waals surface area contributed by atoms with Gasteiger partial charge in [0.15, 0.2) is 0 Å². The first-order valence-electron chi connectivity index (χ1n) is 12.6. The highest BCUT2D eigenvalue weighted by molar-refractivity contribution is 7.89. The molecule has 1 unspecified atom stereocenters. The molecule has 3 aromatic rings. The molecule has 3 atom stereocenters. The molecule has 0 radical (unpaired) electrons. The van der Waals surface area contributed by atoms with E-state index < -0.39 is 26.7 Å². The molecule has 0 saturated carbocycles. The van der Waals surface area contributed by atoms with Crippen LogP contribution >= 0.6 is 11.6 Å². The van der Waals surface area contributed by atoms with Gasteiger partial charge in [-0.1, -0.05) is 72.3 Å². The van der Waals surface area contributed by atoms with Crippen LogP contribution in [0.25, 0.3) is 11.1 Å². The third-order valence-corrected chi connectivity index (χ3v) is 10.0. The Bertz CT molecular complexity index is 1490. The average molecular weight is 577 g/mol. The summed E-state index contributed by atoms with van der Waals surface area (Å²) in [6, 6.07) is 17.3. The highest BCUT2D eigenvalue weighted by Crippen LogP contribution is 2.43. The van der Waals surface area contributed by atoms with Crippen LogP contribution in [0.2, 0.25) is 5.02 Å². The number of sulfonamides is 1. The second-order valence-corrected chi connectivity index (χ2v) is 12.2. The molecule has 206 valence electrons. The standard InChI is InChI=1S/C29H28ClF3N2O3S/c1-19-22(7-6-9-24(19)30)20-11-13-21(14-12-20)28-25-17-34(15-4-5-16-35(25)26(28)18-36)39(37,38)27-10-3-2-8-23(27)29(31,32)33/h2-14,25-26,28,36H,15-18H2,1H3/b5-4-/t25-,26?,28-/m0/s1. The number of aliphatic hydroxyl groups excluding tert-OH is 1. The number of alkyl halides is 3. The minimum atomic E-state index is -4.81. The first kappa shape index (κ1) is 27.9. The molecule has 0 bridgehead atoms. The molecule has 1 N–H and O–H groups in total. The van der Waals surface area contributed by atoms with Crippen molar-refractivity contribution in [2.45, 2.75) is 36.0 Å². The Labute approximate surface area is 231 Å². The van der Waals surface area contributed by atoms with Crippen molar-refractivity contribution < 1.29 is 26.7 Å². The van der Waals surface area contributed by atoms with Crippen molar-refractivity contribution in [1.82, 2.24) is 9.21 Å². The number of aliphatic hydroxyl groups is 1. The van der Waals surface area contributed by atoms with Crippen molar-refractivity contribution in [3.05, 3.63) is 101 Å². The zero-order valence-corrected chi connectivity index (χ0v) is 22.7. The van der Waals surface area contributed by atoms with Gasteiger partial charge in [0, 0.05) is 42.7 Å². The molecular formula is C29H28ClF3N2O3S. The molecule has 3 aromatic carbocycles. The van der Waals surface area contributed by atoms with Crippen molar-refractivity contribution in [2.75, 3.05) is 26.2 Å². The van der Waals surface area contributed by atoms with Gasteiger partial charge < -0.3 is 5.11 Å². The van der Waals surface area contributed by atoms with Gasteiger partial charge in [-0.15, -0.1) is 0 Å². The van der Waals surface area contributed by atoms with Crippen LogP contribution in [0.4, 0.5) is 13.2 Å². The minimum absolute atomic E-state index is 0.00478. The highest BCUT2D eigenvalue weighted by atomic mass is 35.5. The first-order valence-corrected chi connectivity index (χ1v) is 14.4. The molecule has 2 aliphatic rings. The maximum Gasteiger partial charge on any atom is 0.417 e. The van der Waals surface area contributed by atoms with Crippen LogP contribution in [0.3, 0.4) is 0 Å². The number of halogens is 4. The van der Waals surface area contributed by atoms with Gasteiger partial charge in [-0.2, -0.15) is 17.5 Å². The molecule has 1 saturated heterocycles. The summed E-state index contributed by atoms with van der Waals surface area (Å²) in [6.07, 6.45) is -1.36. The molecule has 0 spiro atoms. The van der Waals surface area contributed by atoms with E-state index >= 15 is 0 Å². The van der Waals surface area contributed by atoms with E-state index in [1.54, 1.807) is 12.2 Å². The molecule has 1 fully saturated rings. The molecule has 5 rings (SSSR count). The monoisotopic (exact) mass is 576 g/mol. The van der Waals surface area contributed by atoms with E-state index in [1.807, 2.05) is 54.3 Å². The summed E-state index contributed by atoms with van der Waals surface area (Å²) < 4.78 is 69.3. The first-order chi connectivity index (χ1) is 18.5. The largest absolute Gasteiger partial charge is 0.417 e. The number of rotatable bonds is 5. The lowest BCUT2D eigenvalue weighted by Crippen LogP contribution is -2.67. The minimum Gasteiger partial charge on any atom is -0.395 e. The van der Waals surface area contributed by atoms with E-state index in [9.17, 15) is 26.7 Å². The lowest BCUT2D eigenvalue weighted by molar-refractivity contribution is -0.139. The SMILES string of the molecule is Cc1c(Cl)cccc1-c1ccc([C@@H]2C(CO)N3C/C=C\CN(S(=O)(=O)c4ccccc4C(F)(F)F)C[C@@H]23)cc1. The zero-order chi connectivity index (χ0) is 27.9. The predicted molar refractivity (Wildman–Crippen MR) is 145 cm³/mol. The summed E-state index contributed by atoms with van der Waals surface area (Å²) >= 11 is 6.29. The molecule has 39 heavy (non-hydrogen) atoms. The molecule has 0 amide bonds. The van der Waals surface area contributed by atoms with Crippen LogP contribution in [0.1, 0.15) is 22.6 Å². The molecule has 2 aliphatic heterocycles. The fourth-order valence-corrected chi connectivity index (χ4v) is 7.50. The molecule has 0 aliphatic carbocycles. The van der Waals surface area contributed by atoms with Gasteiger partial charge in [-0.05, 0) is 47.4 Å². The van der Waals surface area contributed by atoms with E-state index in [-0.39, 0.29) is 37.7 Å². The summed E-state index contributed by atoms with van der Waals surface area (Å²) in [5, 5.41) is 10.9. The van der Waals surface area contributed by atoms with E-state index in [0.717, 1.165) is 38.7 Å². The highest BCUT2D eigenvalue weighted by Gasteiger charge is 2.50. The number of hydrogen-bond acceptors (Lipinski definition) is 4. The Morgan fingerprint density at radius 1 is 0.974 bits per heavy atom. The van der Waals surface area contributed by atoms with Crippen molar-refractivity contribution in [2.24, 2.45) is 0 Å². The molecule has 10 heteroatoms. The van der Waals surface area contributed by atoms with Gasteiger partial charge in [0.25, 0.3) is 0 Å². The molecular weight excluding hydrogens is 549 g/mol. The van der Waals surface area contributed by atoms with Crippen LogP contribution in [-0.2, 0) is 16.2 Å². The number of hydrogen-bond donors (Lipinski definition) is 1. The van der Waals surface area contributed by atoms with Crippen LogP contribution in [0.15, 0.2) is 83.8 Å². The third-order valence-electron chi connectivity index (χ3n) is 7.74. The molecule has 0 aromatic heterocycles. The quantitative estimate of drug-likeness (QED) is 0.395. The summed E-state index contributed by atoms with van der Waals surface area (Å²) in [7, 11) is -4.46. The van der Waals surface area contributed by atoms with Crippen LogP contribution in [0, 0.1) is 6.92 Å². The zero-order valence-electron chi connectivity index (χ0n) is 21.1. The lowest BCUT2D eigenvalue weighted by atomic mass is 9.74. The number of nitrogens with zero attached hydrogens (tertiary/aromatic N) is 2. The maximum absolute atomic E-state index is 13.7. The van der Waals surface area contributed by atoms with Gasteiger partial charge in [-0.3, -0.25) is 4.90 Å². The van der Waals surface area contributed by atoms with E-state index in [1.165, 1.54) is 12.1 Å². The third kappa shape index (κ3) is 5.14. The van der Waals surface area contributed by atoms with Gasteiger partial charge in [0.05, 0.1) is 17.1 Å². The lowest BCUT2D eigenvalue weighted by Gasteiger charge is -2.56. The second-order valence-electron chi connectivity index (χ2n) is 9.86. The van der Waals surface area contributed by atoms with Crippen LogP contribution in [-0.4, -0.2) is 61.1 Å². The fourth-order valence-electron chi connectivity index (χ4n) is 5.70. The van der Waals surface area contributed by atoms with E-state index in [0.29, 0.717) is 11.6 Å². The van der Waals surface area contributed by atoms with E-state index in [2.05, 4.69) is 0 Å². The predicted octanol–water partition coefficient (Wildman–Crippen LogP) is 5.72. The number of fused-ring (bicyclic) bond motifs is 1. The van der Waals surface area contributed by atoms with Crippen molar-refractivity contribution in [3.63, 3.8) is 0 Å². The Balaban J connectivity index is 1.47. The van der Waals surface area contributed by atoms with Crippen LogP contribution < -0.4 is 0 Å². The molecule has 2 heterocycles. The van der Waals surface area contributed by atoms with Gasteiger partial charge in [0.1, 0.15) is 0 Å². The Morgan fingerprint density at radius 2 is 1.67 bits per heavy atom. The Kier molecular flexibility index (Phi) is 7.65. The summed E-state index contributed by atoms with van der Waals surface area (Å²) in [5.41, 5.74) is 2.68. The number of benzene rings is 3. The fraction of sp³-hybridized carbons (Fsp3) is 0.310. The summed E-state index contributed by atoms with van der Waals surface area (Å²) in [4.78, 5) is 1.25. The molecule has 5 nitrogen and oxygen atoms in total.